The van der Waals surface area contributed by atoms with E-state index in [1.807, 2.05) is 12.4 Å². The first-order valence-electron chi connectivity index (χ1n) is 22.6. The van der Waals surface area contributed by atoms with Gasteiger partial charge in [0.15, 0.2) is 0 Å². The van der Waals surface area contributed by atoms with Crippen molar-refractivity contribution < 1.29 is 0 Å². The molecule has 0 saturated carbocycles. The van der Waals surface area contributed by atoms with Gasteiger partial charge in [-0.05, 0) is 172 Å². The number of aromatic nitrogens is 1. The molecule has 0 atom stereocenters. The summed E-state index contributed by atoms with van der Waals surface area (Å²) in [5, 5.41) is 0. The molecule has 0 N–H and O–H groups in total. The molecule has 7 aromatic carbocycles. The Morgan fingerprint density at radius 1 is 0.381 bits per heavy atom. The van der Waals surface area contributed by atoms with Crippen LogP contribution in [0.5, 0.6) is 0 Å². The van der Waals surface area contributed by atoms with Gasteiger partial charge in [-0.15, -0.1) is 0 Å². The third-order valence-corrected chi connectivity index (χ3v) is 15.7. The second-order valence-electron chi connectivity index (χ2n) is 20.2. The number of hydrogen-bond acceptors (Lipinski definition) is 2. The third kappa shape index (κ3) is 5.07. The second kappa shape index (κ2) is 12.6. The molecule has 0 spiro atoms. The van der Waals surface area contributed by atoms with Crippen LogP contribution in [0.25, 0.3) is 55.7 Å². The van der Waals surface area contributed by atoms with Gasteiger partial charge in [0.05, 0.1) is 11.4 Å². The fourth-order valence-corrected chi connectivity index (χ4v) is 12.2. The number of nitrogens with zero attached hydrogens (tertiary/aromatic N) is 2. The molecule has 0 amide bonds. The first-order chi connectivity index (χ1) is 30.5. The van der Waals surface area contributed by atoms with Crippen molar-refractivity contribution in [1.82, 2.24) is 4.98 Å². The van der Waals surface area contributed by atoms with Gasteiger partial charge in [0.1, 0.15) is 0 Å². The molecule has 0 bridgehead atoms. The molecule has 2 nitrogen and oxygen atoms in total. The lowest BCUT2D eigenvalue weighted by Gasteiger charge is -2.25. The van der Waals surface area contributed by atoms with Gasteiger partial charge in [-0.2, -0.15) is 0 Å². The lowest BCUT2D eigenvalue weighted by atomic mass is 9.78. The maximum atomic E-state index is 4.94. The first kappa shape index (κ1) is 36.7. The summed E-state index contributed by atoms with van der Waals surface area (Å²) in [5.74, 6) is 0. The van der Waals surface area contributed by atoms with Crippen LogP contribution >= 0.6 is 0 Å². The topological polar surface area (TPSA) is 25.2 Å². The van der Waals surface area contributed by atoms with Gasteiger partial charge in [0, 0.05) is 40.6 Å². The Balaban J connectivity index is 0.858. The summed E-state index contributed by atoms with van der Waals surface area (Å²) in [5.41, 5.74) is 31.6. The third-order valence-electron chi connectivity index (χ3n) is 15.7. The fourth-order valence-electron chi connectivity index (χ4n) is 12.2. The van der Waals surface area contributed by atoms with Crippen molar-refractivity contribution in [3.8, 4) is 44.5 Å². The highest BCUT2D eigenvalue weighted by atomic mass is 14.8. The summed E-state index contributed by atoms with van der Waals surface area (Å²) >= 11 is 0. The zero-order valence-corrected chi connectivity index (χ0v) is 36.8. The molecule has 63 heavy (non-hydrogen) atoms. The van der Waals surface area contributed by atoms with Gasteiger partial charge < -0.3 is 0 Å². The molecule has 5 aliphatic rings. The molecule has 0 saturated heterocycles. The average Bonchev–Trinajstić information content (AvgIpc) is 4.07. The molecular weight excluding hydrogens is 761 g/mol. The van der Waals surface area contributed by atoms with Gasteiger partial charge in [-0.1, -0.05) is 139 Å². The van der Waals surface area contributed by atoms with E-state index in [2.05, 4.69) is 192 Å². The van der Waals surface area contributed by atoms with E-state index in [1.165, 1.54) is 122 Å². The smallest absolute Gasteiger partial charge is 0.0669 e. The quantitative estimate of drug-likeness (QED) is 0.174. The fraction of sp³-hybridized carbons (Fsp3) is 0.180. The number of fused-ring (bicyclic) bond motifs is 11. The lowest BCUT2D eigenvalue weighted by molar-refractivity contribution is 0.649. The highest BCUT2D eigenvalue weighted by Crippen LogP contribution is 2.60. The Bertz CT molecular complexity index is 3390. The van der Waals surface area contributed by atoms with Gasteiger partial charge in [0.2, 0.25) is 0 Å². The first-order valence-corrected chi connectivity index (χ1v) is 22.6. The van der Waals surface area contributed by atoms with Crippen molar-refractivity contribution in [3.63, 3.8) is 0 Å². The number of benzene rings is 7. The zero-order valence-electron chi connectivity index (χ0n) is 36.8. The standard InChI is InChI=1S/C61H48N2/c1-59(2)50-27-37(35-17-19-36(20-18-35)57-29-40-13-8-10-16-56(40)63-57)21-23-43(50)46-30-54-48(32-52(46)59)49-33-53-47(31-55(49)61(54,5)6)44-24-22-39(28-51(44)60(53,3)4)45-26-38-12-7-9-15-42(38)58(45)41-14-11-25-62-34-41/h7-25,27-28,30-34H,26,29H2,1-6H3. The van der Waals surface area contributed by atoms with Crippen LogP contribution in [0.2, 0.25) is 0 Å². The second-order valence-corrected chi connectivity index (χ2v) is 20.2. The summed E-state index contributed by atoms with van der Waals surface area (Å²) in [7, 11) is 0. The van der Waals surface area contributed by atoms with Crippen LogP contribution in [0.1, 0.15) is 108 Å². The maximum Gasteiger partial charge on any atom is 0.0669 e. The number of rotatable bonds is 4. The van der Waals surface area contributed by atoms with Crippen LogP contribution < -0.4 is 0 Å². The van der Waals surface area contributed by atoms with E-state index in [-0.39, 0.29) is 16.2 Å². The summed E-state index contributed by atoms with van der Waals surface area (Å²) in [6.45, 7) is 14.6. The predicted molar refractivity (Wildman–Crippen MR) is 261 cm³/mol. The SMILES string of the molecule is CC1(C)c2cc(C3=C(c4cccnc4)c4ccccc4C3)ccc2-c2cc3c(cc21)-c1cc2c(cc1C3(C)C)-c1ccc(-c3ccc(C4=Nc5ccccc5C4)cc3)cc1C2(C)C. The van der Waals surface area contributed by atoms with Gasteiger partial charge in [-0.3, -0.25) is 9.98 Å². The molecule has 0 unspecified atom stereocenters. The van der Waals surface area contributed by atoms with Crippen LogP contribution in [0, 0.1) is 0 Å². The Morgan fingerprint density at radius 2 is 0.889 bits per heavy atom. The minimum Gasteiger partial charge on any atom is -0.264 e. The zero-order chi connectivity index (χ0) is 42.6. The molecule has 2 heterocycles. The normalized spacial score (nSPS) is 17.0. The van der Waals surface area contributed by atoms with Crippen molar-refractivity contribution in [2.75, 3.05) is 0 Å². The predicted octanol–water partition coefficient (Wildman–Crippen LogP) is 14.9. The van der Waals surface area contributed by atoms with Crippen LogP contribution in [0.3, 0.4) is 0 Å². The molecule has 1 aliphatic heterocycles. The number of aliphatic imine (C=N–C) groups is 1. The van der Waals surface area contributed by atoms with E-state index < -0.39 is 0 Å². The van der Waals surface area contributed by atoms with Crippen LogP contribution in [0.15, 0.2) is 163 Å². The number of para-hydroxylation sites is 1. The minimum atomic E-state index is -0.153. The van der Waals surface area contributed by atoms with Crippen molar-refractivity contribution in [2.24, 2.45) is 4.99 Å². The number of allylic oxidation sites excluding steroid dienone is 1. The van der Waals surface area contributed by atoms with Crippen LogP contribution in [0.4, 0.5) is 5.69 Å². The van der Waals surface area contributed by atoms with E-state index in [1.54, 1.807) is 0 Å². The van der Waals surface area contributed by atoms with Crippen molar-refractivity contribution >= 4 is 22.5 Å². The van der Waals surface area contributed by atoms with E-state index in [0.717, 1.165) is 24.2 Å². The van der Waals surface area contributed by atoms with E-state index >= 15 is 0 Å². The van der Waals surface area contributed by atoms with Gasteiger partial charge in [0.25, 0.3) is 0 Å². The monoisotopic (exact) mass is 808 g/mol. The molecule has 0 fully saturated rings. The molecule has 302 valence electrons. The Hall–Kier alpha value is -6.90. The van der Waals surface area contributed by atoms with Crippen molar-refractivity contribution in [2.45, 2.75) is 70.6 Å². The van der Waals surface area contributed by atoms with Gasteiger partial charge >= 0.3 is 0 Å². The number of hydrogen-bond donors (Lipinski definition) is 0. The molecule has 8 aromatic rings. The molecule has 0 radical (unpaired) electrons. The summed E-state index contributed by atoms with van der Waals surface area (Å²) in [6, 6.07) is 55.4. The molecular formula is C61H48N2. The Morgan fingerprint density at radius 3 is 1.49 bits per heavy atom. The summed E-state index contributed by atoms with van der Waals surface area (Å²) in [6.07, 6.45) is 5.71. The van der Waals surface area contributed by atoms with E-state index in [4.69, 9.17) is 4.99 Å². The Kier molecular flexibility index (Phi) is 7.35. The maximum absolute atomic E-state index is 4.94. The van der Waals surface area contributed by atoms with Crippen LogP contribution in [-0.2, 0) is 29.1 Å². The molecule has 1 aromatic heterocycles. The summed E-state index contributed by atoms with van der Waals surface area (Å²) in [4.78, 5) is 9.47. The molecule has 2 heteroatoms. The van der Waals surface area contributed by atoms with E-state index in [9.17, 15) is 0 Å². The number of pyridine rings is 1. The summed E-state index contributed by atoms with van der Waals surface area (Å²) < 4.78 is 0. The van der Waals surface area contributed by atoms with Crippen LogP contribution in [-0.4, -0.2) is 10.7 Å². The highest BCUT2D eigenvalue weighted by Gasteiger charge is 2.45. The highest BCUT2D eigenvalue weighted by molar-refractivity contribution is 6.07. The van der Waals surface area contributed by atoms with Gasteiger partial charge in [-0.25, -0.2) is 0 Å². The minimum absolute atomic E-state index is 0.139. The Labute approximate surface area is 370 Å². The van der Waals surface area contributed by atoms with Crippen molar-refractivity contribution in [3.05, 3.63) is 225 Å². The van der Waals surface area contributed by atoms with Crippen molar-refractivity contribution in [1.29, 1.82) is 0 Å². The lowest BCUT2D eigenvalue weighted by Crippen LogP contribution is -2.17. The molecule has 4 aliphatic carbocycles. The molecule has 13 rings (SSSR count). The largest absolute Gasteiger partial charge is 0.264 e. The average molecular weight is 809 g/mol. The van der Waals surface area contributed by atoms with E-state index in [0.29, 0.717) is 0 Å².